The molecule has 0 fully saturated rings. The molecule has 170 valence electrons. The molecule has 0 saturated carbocycles. The summed E-state index contributed by atoms with van der Waals surface area (Å²) < 4.78 is 25.9. The maximum Gasteiger partial charge on any atom is 0.239 e. The predicted octanol–water partition coefficient (Wildman–Crippen LogP) is 3.96. The quantitative estimate of drug-likeness (QED) is 0.592. The molecule has 1 N–H and O–H groups in total. The number of benzene rings is 2. The van der Waals surface area contributed by atoms with Crippen LogP contribution in [0.1, 0.15) is 27.9 Å². The van der Waals surface area contributed by atoms with Crippen molar-refractivity contribution < 1.29 is 18.7 Å². The van der Waals surface area contributed by atoms with E-state index in [1.807, 2.05) is 48.6 Å². The van der Waals surface area contributed by atoms with Gasteiger partial charge in [0.15, 0.2) is 11.5 Å². The molecular weight excluding hydrogens is 423 g/mol. The van der Waals surface area contributed by atoms with E-state index in [0.717, 1.165) is 28.1 Å². The number of carbonyl (C=O) groups excluding carboxylic acids is 1. The normalized spacial score (nSPS) is 12.1. The van der Waals surface area contributed by atoms with Gasteiger partial charge in [-0.25, -0.2) is 4.39 Å². The van der Waals surface area contributed by atoms with Crippen LogP contribution in [0.15, 0.2) is 42.5 Å². The number of fused-ring (bicyclic) bond motifs is 1. The van der Waals surface area contributed by atoms with Crippen LogP contribution < -0.4 is 14.8 Å². The molecule has 1 aromatic heterocycles. The second kappa shape index (κ2) is 9.35. The Kier molecular flexibility index (Phi) is 6.33. The van der Waals surface area contributed by atoms with Gasteiger partial charge < -0.3 is 19.4 Å². The molecule has 2 heterocycles. The van der Waals surface area contributed by atoms with Crippen LogP contribution in [0.25, 0.3) is 0 Å². The number of nitrogens with zero attached hydrogens (tertiary/aromatic N) is 3. The predicted molar refractivity (Wildman–Crippen MR) is 122 cm³/mol. The van der Waals surface area contributed by atoms with Gasteiger partial charge in [0.25, 0.3) is 0 Å². The maximum absolute atomic E-state index is 13.3. The van der Waals surface area contributed by atoms with Gasteiger partial charge in [-0.1, -0.05) is 18.2 Å². The first-order valence-electron chi connectivity index (χ1n) is 10.6. The van der Waals surface area contributed by atoms with Gasteiger partial charge in [0.05, 0.1) is 12.1 Å². The molecule has 0 radical (unpaired) electrons. The van der Waals surface area contributed by atoms with Crippen LogP contribution in [0.2, 0.25) is 0 Å². The van der Waals surface area contributed by atoms with E-state index in [4.69, 9.17) is 9.47 Å². The summed E-state index contributed by atoms with van der Waals surface area (Å²) in [5.74, 6) is 1.34. The molecule has 3 aromatic rings. The zero-order chi connectivity index (χ0) is 23.5. The number of hydrogen-bond acceptors (Lipinski definition) is 5. The van der Waals surface area contributed by atoms with Crippen LogP contribution in [0, 0.1) is 31.0 Å². The van der Waals surface area contributed by atoms with Crippen molar-refractivity contribution in [3.8, 4) is 17.6 Å². The average Bonchev–Trinajstić information content (AvgIpc) is 3.33. The Labute approximate surface area is 191 Å². The van der Waals surface area contributed by atoms with Crippen molar-refractivity contribution in [3.63, 3.8) is 0 Å². The van der Waals surface area contributed by atoms with E-state index in [1.54, 1.807) is 12.1 Å². The highest BCUT2D eigenvalue weighted by Crippen LogP contribution is 2.33. The summed E-state index contributed by atoms with van der Waals surface area (Å²) in [4.78, 5) is 14.7. The maximum atomic E-state index is 13.3. The fraction of sp³-hybridized carbons (Fsp3) is 0.280. The lowest BCUT2D eigenvalue weighted by atomic mass is 10.2. The number of likely N-dealkylation sites (N-methyl/N-ethyl adjacent to an activating group) is 1. The fourth-order valence-corrected chi connectivity index (χ4v) is 3.92. The number of hydrogen-bond donors (Lipinski definition) is 1. The molecule has 33 heavy (non-hydrogen) atoms. The van der Waals surface area contributed by atoms with Crippen molar-refractivity contribution in [2.75, 3.05) is 25.7 Å². The lowest BCUT2D eigenvalue weighted by molar-refractivity contribution is -0.117. The van der Waals surface area contributed by atoms with Crippen molar-refractivity contribution in [1.29, 1.82) is 5.26 Å². The standard InChI is InChI=1S/C25H25FN4O3/c1-16-17(2)30(13-18-4-7-20(26)8-5-18)25(21(16)11-27)28-24(31)14-29(3)12-19-6-9-22-23(10-19)33-15-32-22/h4-10H,12-15H2,1-3H3,(H,28,31). The van der Waals surface area contributed by atoms with Crippen molar-refractivity contribution in [1.82, 2.24) is 9.47 Å². The van der Waals surface area contributed by atoms with Crippen molar-refractivity contribution in [2.24, 2.45) is 0 Å². The average molecular weight is 448 g/mol. The molecule has 4 rings (SSSR count). The third kappa shape index (κ3) is 4.83. The van der Waals surface area contributed by atoms with E-state index in [1.165, 1.54) is 12.1 Å². The highest BCUT2D eigenvalue weighted by Gasteiger charge is 2.21. The van der Waals surface area contributed by atoms with Crippen LogP contribution in [0.3, 0.4) is 0 Å². The second-order valence-electron chi connectivity index (χ2n) is 8.17. The first kappa shape index (κ1) is 22.4. The largest absolute Gasteiger partial charge is 0.454 e. The van der Waals surface area contributed by atoms with Crippen LogP contribution in [-0.4, -0.2) is 35.8 Å². The zero-order valence-corrected chi connectivity index (χ0v) is 18.8. The molecule has 0 atom stereocenters. The second-order valence-corrected chi connectivity index (χ2v) is 8.17. The number of nitrogens with one attached hydrogen (secondary N) is 1. The molecule has 2 aromatic carbocycles. The highest BCUT2D eigenvalue weighted by atomic mass is 19.1. The molecule has 0 unspecified atom stereocenters. The van der Waals surface area contributed by atoms with E-state index in [9.17, 15) is 14.4 Å². The third-order valence-electron chi connectivity index (χ3n) is 5.76. The van der Waals surface area contributed by atoms with E-state index in [-0.39, 0.29) is 25.1 Å². The van der Waals surface area contributed by atoms with Gasteiger partial charge in [-0.3, -0.25) is 9.69 Å². The Hall–Kier alpha value is -3.83. The van der Waals surface area contributed by atoms with Gasteiger partial charge >= 0.3 is 0 Å². The first-order chi connectivity index (χ1) is 15.9. The molecule has 1 aliphatic rings. The van der Waals surface area contributed by atoms with Gasteiger partial charge in [-0.15, -0.1) is 0 Å². The Balaban J connectivity index is 1.48. The monoisotopic (exact) mass is 448 g/mol. The Morgan fingerprint density at radius 2 is 1.85 bits per heavy atom. The Morgan fingerprint density at radius 1 is 1.15 bits per heavy atom. The Morgan fingerprint density at radius 3 is 2.58 bits per heavy atom. The van der Waals surface area contributed by atoms with E-state index < -0.39 is 0 Å². The zero-order valence-electron chi connectivity index (χ0n) is 18.8. The van der Waals surface area contributed by atoms with Crippen molar-refractivity contribution >= 4 is 11.7 Å². The third-order valence-corrected chi connectivity index (χ3v) is 5.76. The molecule has 0 saturated heterocycles. The topological polar surface area (TPSA) is 79.5 Å². The van der Waals surface area contributed by atoms with Crippen LogP contribution in [0.5, 0.6) is 11.5 Å². The molecule has 0 spiro atoms. The molecule has 0 bridgehead atoms. The first-order valence-corrected chi connectivity index (χ1v) is 10.6. The number of aromatic nitrogens is 1. The van der Waals surface area contributed by atoms with Gasteiger partial charge in [-0.05, 0) is 61.9 Å². The SMILES string of the molecule is Cc1c(C#N)c(NC(=O)CN(C)Cc2ccc3c(c2)OCO3)n(Cc2ccc(F)cc2)c1C. The number of nitriles is 1. The van der Waals surface area contributed by atoms with Crippen LogP contribution in [-0.2, 0) is 17.9 Å². The van der Waals surface area contributed by atoms with Crippen LogP contribution in [0.4, 0.5) is 10.2 Å². The van der Waals surface area contributed by atoms with Crippen molar-refractivity contribution in [2.45, 2.75) is 26.9 Å². The molecule has 8 heteroatoms. The van der Waals surface area contributed by atoms with E-state index >= 15 is 0 Å². The minimum Gasteiger partial charge on any atom is -0.454 e. The summed E-state index contributed by atoms with van der Waals surface area (Å²) in [5, 5.41) is 12.6. The Bertz CT molecular complexity index is 1230. The number of ether oxygens (including phenoxy) is 2. The fourth-order valence-electron chi connectivity index (χ4n) is 3.92. The molecule has 1 aliphatic heterocycles. The minimum atomic E-state index is -0.309. The lowest BCUT2D eigenvalue weighted by Gasteiger charge is -2.18. The number of carbonyl (C=O) groups is 1. The summed E-state index contributed by atoms with van der Waals surface area (Å²) in [6, 6.07) is 14.1. The lowest BCUT2D eigenvalue weighted by Crippen LogP contribution is -2.30. The molecular formula is C25H25FN4O3. The number of rotatable bonds is 7. The number of anilines is 1. The number of amides is 1. The van der Waals surface area contributed by atoms with Gasteiger partial charge in [0.1, 0.15) is 17.7 Å². The number of halogens is 1. The van der Waals surface area contributed by atoms with E-state index in [2.05, 4.69) is 11.4 Å². The summed E-state index contributed by atoms with van der Waals surface area (Å²) in [7, 11) is 1.85. The molecule has 0 aliphatic carbocycles. The summed E-state index contributed by atoms with van der Waals surface area (Å²) in [5.41, 5.74) is 3.98. The van der Waals surface area contributed by atoms with Gasteiger partial charge in [0.2, 0.25) is 12.7 Å². The molecule has 1 amide bonds. The van der Waals surface area contributed by atoms with E-state index in [0.29, 0.717) is 30.2 Å². The van der Waals surface area contributed by atoms with Gasteiger partial charge in [0, 0.05) is 18.8 Å². The van der Waals surface area contributed by atoms with Crippen LogP contribution >= 0.6 is 0 Å². The minimum absolute atomic E-state index is 0.138. The molecule has 7 nitrogen and oxygen atoms in total. The summed E-state index contributed by atoms with van der Waals surface area (Å²) >= 11 is 0. The summed E-state index contributed by atoms with van der Waals surface area (Å²) in [6.07, 6.45) is 0. The van der Waals surface area contributed by atoms with Gasteiger partial charge in [-0.2, -0.15) is 5.26 Å². The summed E-state index contributed by atoms with van der Waals surface area (Å²) in [6.45, 7) is 5.08. The smallest absolute Gasteiger partial charge is 0.239 e. The highest BCUT2D eigenvalue weighted by molar-refractivity contribution is 5.93. The van der Waals surface area contributed by atoms with Crippen molar-refractivity contribution in [3.05, 3.63) is 76.2 Å².